The van der Waals surface area contributed by atoms with Crippen LogP contribution >= 0.6 is 12.8 Å². The van der Waals surface area contributed by atoms with Crippen molar-refractivity contribution in [2.75, 3.05) is 31.6 Å². The van der Waals surface area contributed by atoms with E-state index < -0.39 is 23.2 Å². The summed E-state index contributed by atoms with van der Waals surface area (Å²) in [5.74, 6) is -0.984. The quantitative estimate of drug-likeness (QED) is 0.369. The fraction of sp³-hybridized carbons (Fsp3) is 0.423. The summed E-state index contributed by atoms with van der Waals surface area (Å²) in [6.07, 6.45) is 4.07. The Labute approximate surface area is 211 Å². The van der Waals surface area contributed by atoms with E-state index in [0.29, 0.717) is 36.8 Å². The SMILES string of the molecule is CCCCCOc1ccc(NC(=O)N(S)C(=O)CN2CCC(C#N)(c3ccccc3)CC2)cc1F. The van der Waals surface area contributed by atoms with Crippen molar-refractivity contribution >= 4 is 30.4 Å². The molecule has 1 saturated heterocycles. The highest BCUT2D eigenvalue weighted by atomic mass is 32.1. The number of thiol groups is 1. The molecular formula is C26H31FN4O3S. The maximum absolute atomic E-state index is 14.3. The van der Waals surface area contributed by atoms with Gasteiger partial charge in [-0.1, -0.05) is 62.9 Å². The second-order valence-electron chi connectivity index (χ2n) is 8.67. The van der Waals surface area contributed by atoms with Crippen molar-refractivity contribution in [2.45, 2.75) is 44.4 Å². The van der Waals surface area contributed by atoms with Gasteiger partial charge in [-0.25, -0.2) is 13.5 Å². The summed E-state index contributed by atoms with van der Waals surface area (Å²) in [5.41, 5.74) is 0.600. The second-order valence-corrected chi connectivity index (χ2v) is 9.07. The second kappa shape index (κ2) is 12.6. The van der Waals surface area contributed by atoms with Crippen molar-refractivity contribution in [3.63, 3.8) is 0 Å². The van der Waals surface area contributed by atoms with Gasteiger partial charge in [0, 0.05) is 24.8 Å². The van der Waals surface area contributed by atoms with Gasteiger partial charge >= 0.3 is 6.03 Å². The molecule has 0 aliphatic carbocycles. The van der Waals surface area contributed by atoms with Crippen molar-refractivity contribution in [1.82, 2.24) is 9.21 Å². The van der Waals surface area contributed by atoms with E-state index in [1.165, 1.54) is 12.1 Å². The van der Waals surface area contributed by atoms with E-state index in [1.807, 2.05) is 35.2 Å². The molecule has 186 valence electrons. The molecule has 3 amide bonds. The van der Waals surface area contributed by atoms with Gasteiger partial charge in [-0.05, 0) is 37.0 Å². The number of benzene rings is 2. The molecule has 0 saturated carbocycles. The van der Waals surface area contributed by atoms with Gasteiger partial charge in [0.05, 0.1) is 24.6 Å². The summed E-state index contributed by atoms with van der Waals surface area (Å²) in [4.78, 5) is 27.0. The number of nitriles is 1. The van der Waals surface area contributed by atoms with Crippen molar-refractivity contribution in [3.8, 4) is 11.8 Å². The molecule has 1 aliphatic heterocycles. The number of rotatable bonds is 9. The predicted molar refractivity (Wildman–Crippen MR) is 136 cm³/mol. The van der Waals surface area contributed by atoms with Gasteiger partial charge in [0.1, 0.15) is 0 Å². The van der Waals surface area contributed by atoms with Crippen molar-refractivity contribution in [2.24, 2.45) is 0 Å². The van der Waals surface area contributed by atoms with Gasteiger partial charge in [0.2, 0.25) is 0 Å². The van der Waals surface area contributed by atoms with Crippen molar-refractivity contribution in [1.29, 1.82) is 5.26 Å². The fourth-order valence-corrected chi connectivity index (χ4v) is 4.21. The number of amides is 3. The van der Waals surface area contributed by atoms with Crippen LogP contribution in [0.15, 0.2) is 48.5 Å². The van der Waals surface area contributed by atoms with Gasteiger partial charge in [0.25, 0.3) is 5.91 Å². The zero-order chi connectivity index (χ0) is 25.3. The van der Waals surface area contributed by atoms with E-state index in [2.05, 4.69) is 31.1 Å². The Morgan fingerprint density at radius 3 is 2.54 bits per heavy atom. The van der Waals surface area contributed by atoms with Gasteiger partial charge < -0.3 is 10.1 Å². The average molecular weight is 499 g/mol. The summed E-state index contributed by atoms with van der Waals surface area (Å²) in [7, 11) is 0. The summed E-state index contributed by atoms with van der Waals surface area (Å²) in [5, 5.41) is 12.3. The largest absolute Gasteiger partial charge is 0.491 e. The van der Waals surface area contributed by atoms with Crippen LogP contribution in [0.3, 0.4) is 0 Å². The number of anilines is 1. The van der Waals surface area contributed by atoms with E-state index in [9.17, 15) is 19.2 Å². The third-order valence-electron chi connectivity index (χ3n) is 6.23. The molecule has 7 nitrogen and oxygen atoms in total. The highest BCUT2D eigenvalue weighted by molar-refractivity contribution is 7.79. The van der Waals surface area contributed by atoms with Crippen LogP contribution < -0.4 is 10.1 Å². The number of ether oxygens (including phenoxy) is 1. The van der Waals surface area contributed by atoms with Gasteiger partial charge in [0.15, 0.2) is 11.6 Å². The highest BCUT2D eigenvalue weighted by Gasteiger charge is 2.37. The number of carbonyl (C=O) groups is 2. The van der Waals surface area contributed by atoms with Crippen molar-refractivity contribution in [3.05, 3.63) is 59.9 Å². The van der Waals surface area contributed by atoms with E-state index >= 15 is 0 Å². The number of halogens is 1. The first kappa shape index (κ1) is 26.5. The molecule has 0 spiro atoms. The maximum atomic E-state index is 14.3. The van der Waals surface area contributed by atoms with E-state index in [1.54, 1.807) is 0 Å². The molecule has 1 aliphatic rings. The number of likely N-dealkylation sites (tertiary alicyclic amines) is 1. The molecule has 35 heavy (non-hydrogen) atoms. The topological polar surface area (TPSA) is 85.7 Å². The monoisotopic (exact) mass is 498 g/mol. The van der Waals surface area contributed by atoms with Crippen LogP contribution in [0.2, 0.25) is 0 Å². The van der Waals surface area contributed by atoms with Crippen LogP contribution in [0, 0.1) is 17.1 Å². The zero-order valence-electron chi connectivity index (χ0n) is 19.9. The third kappa shape index (κ3) is 6.96. The minimum absolute atomic E-state index is 0.00782. The fourth-order valence-electron chi connectivity index (χ4n) is 4.09. The summed E-state index contributed by atoms with van der Waals surface area (Å²) < 4.78 is 20.4. The normalized spacial score (nSPS) is 15.1. The number of hydrogen-bond donors (Lipinski definition) is 2. The van der Waals surface area contributed by atoms with E-state index in [0.717, 1.165) is 30.9 Å². The lowest BCUT2D eigenvalue weighted by Crippen LogP contribution is -2.46. The predicted octanol–water partition coefficient (Wildman–Crippen LogP) is 5.16. The first-order chi connectivity index (χ1) is 16.9. The Morgan fingerprint density at radius 2 is 1.91 bits per heavy atom. The van der Waals surface area contributed by atoms with Crippen LogP contribution in [0.1, 0.15) is 44.6 Å². The van der Waals surface area contributed by atoms with Crippen LogP contribution in [0.4, 0.5) is 14.9 Å². The van der Waals surface area contributed by atoms with E-state index in [4.69, 9.17) is 4.74 Å². The molecule has 1 heterocycles. The summed E-state index contributed by atoms with van der Waals surface area (Å²) in [6, 6.07) is 15.5. The number of hydrogen-bond acceptors (Lipinski definition) is 6. The summed E-state index contributed by atoms with van der Waals surface area (Å²) in [6.45, 7) is 3.58. The molecule has 0 atom stereocenters. The molecule has 3 rings (SSSR count). The molecule has 0 unspecified atom stereocenters. The molecule has 0 bridgehead atoms. The number of urea groups is 1. The third-order valence-corrected chi connectivity index (χ3v) is 6.63. The van der Waals surface area contributed by atoms with Crippen molar-refractivity contribution < 1.29 is 18.7 Å². The Hall–Kier alpha value is -3.09. The minimum Gasteiger partial charge on any atom is -0.491 e. The molecule has 0 aromatic heterocycles. The molecule has 2 aromatic carbocycles. The van der Waals surface area contributed by atoms with Gasteiger partial charge in [-0.2, -0.15) is 5.26 Å². The number of piperidine rings is 1. The van der Waals surface area contributed by atoms with Crippen LogP contribution in [-0.2, 0) is 10.2 Å². The first-order valence-corrected chi connectivity index (χ1v) is 12.2. The van der Waals surface area contributed by atoms with E-state index in [-0.39, 0.29) is 18.0 Å². The molecule has 1 fully saturated rings. The lowest BCUT2D eigenvalue weighted by molar-refractivity contribution is -0.125. The molecule has 9 heteroatoms. The Bertz CT molecular complexity index is 1050. The minimum atomic E-state index is -0.776. The Balaban J connectivity index is 1.50. The lowest BCUT2D eigenvalue weighted by Gasteiger charge is -2.37. The molecule has 0 radical (unpaired) electrons. The van der Waals surface area contributed by atoms with Gasteiger partial charge in [-0.3, -0.25) is 9.69 Å². The molecular weight excluding hydrogens is 467 g/mol. The van der Waals surface area contributed by atoms with Crippen LogP contribution in [0.5, 0.6) is 5.75 Å². The number of nitrogens with zero attached hydrogens (tertiary/aromatic N) is 3. The number of unbranched alkanes of at least 4 members (excludes halogenated alkanes) is 2. The lowest BCUT2D eigenvalue weighted by atomic mass is 9.74. The number of imide groups is 1. The van der Waals surface area contributed by atoms with Crippen LogP contribution in [-0.4, -0.2) is 47.4 Å². The smallest absolute Gasteiger partial charge is 0.338 e. The Kier molecular flexibility index (Phi) is 9.52. The highest BCUT2D eigenvalue weighted by Crippen LogP contribution is 2.34. The summed E-state index contributed by atoms with van der Waals surface area (Å²) >= 11 is 4.05. The standard InChI is InChI=1S/C26H31FN4O3S/c1-2-3-7-16-34-23-11-10-21(17-22(23)27)29-25(33)31(35)24(32)18-30-14-12-26(19-28,13-15-30)20-8-5-4-6-9-20/h4-6,8-11,17,35H,2-3,7,12-16,18H2,1H3,(H,29,33). The van der Waals surface area contributed by atoms with Crippen LogP contribution in [0.25, 0.3) is 0 Å². The molecule has 1 N–H and O–H groups in total. The number of nitrogens with one attached hydrogen (secondary N) is 1. The first-order valence-electron chi connectivity index (χ1n) is 11.8. The maximum Gasteiger partial charge on any atom is 0.338 e. The number of carbonyl (C=O) groups excluding carboxylic acids is 2. The average Bonchev–Trinajstić information content (AvgIpc) is 2.88. The molecule has 2 aromatic rings. The zero-order valence-corrected chi connectivity index (χ0v) is 20.8. The Morgan fingerprint density at radius 1 is 1.20 bits per heavy atom. The van der Waals surface area contributed by atoms with Gasteiger partial charge in [-0.15, -0.1) is 0 Å².